The van der Waals surface area contributed by atoms with Crippen molar-refractivity contribution < 1.29 is 9.47 Å². The molecule has 0 spiro atoms. The maximum absolute atomic E-state index is 5.61. The van der Waals surface area contributed by atoms with E-state index < -0.39 is 0 Å². The second-order valence-electron chi connectivity index (χ2n) is 7.03. The maximum Gasteiger partial charge on any atom is 0.128 e. The molecule has 0 bridgehead atoms. The maximum atomic E-state index is 5.61. The number of para-hydroxylation sites is 2. The van der Waals surface area contributed by atoms with Crippen LogP contribution in [0.3, 0.4) is 0 Å². The van der Waals surface area contributed by atoms with Gasteiger partial charge in [-0.15, -0.1) is 10.2 Å². The fraction of sp³-hybridized carbons (Fsp3) is 0.0714. The third kappa shape index (κ3) is 4.60. The van der Waals surface area contributed by atoms with Crippen molar-refractivity contribution in [3.8, 4) is 11.5 Å². The van der Waals surface area contributed by atoms with E-state index in [1.165, 1.54) is 0 Å². The first kappa shape index (κ1) is 21.1. The van der Waals surface area contributed by atoms with E-state index in [9.17, 15) is 0 Å². The largest absolute Gasteiger partial charge is 0.496 e. The average Bonchev–Trinajstić information content (AvgIpc) is 2.88. The van der Waals surface area contributed by atoms with Crippen molar-refractivity contribution in [3.63, 3.8) is 0 Å². The highest BCUT2D eigenvalue weighted by Gasteiger charge is 2.15. The Hall–Kier alpha value is -4.18. The van der Waals surface area contributed by atoms with Crippen molar-refractivity contribution in [2.75, 3.05) is 14.2 Å². The molecule has 158 valence electrons. The molecular weight excluding hydrogens is 396 g/mol. The summed E-state index contributed by atoms with van der Waals surface area (Å²) in [5.74, 6) is 1.48. The number of rotatable bonds is 7. The zero-order valence-corrected chi connectivity index (χ0v) is 18.1. The Bertz CT molecular complexity index is 1130. The van der Waals surface area contributed by atoms with E-state index in [0.717, 1.165) is 45.2 Å². The molecule has 0 saturated carbocycles. The molecule has 4 aromatic rings. The van der Waals surface area contributed by atoms with Crippen molar-refractivity contribution in [3.05, 3.63) is 131 Å². The van der Waals surface area contributed by atoms with Gasteiger partial charge < -0.3 is 9.47 Å². The van der Waals surface area contributed by atoms with E-state index in [1.807, 2.05) is 109 Å². The monoisotopic (exact) mass is 420 g/mol. The van der Waals surface area contributed by atoms with Gasteiger partial charge in [-0.25, -0.2) is 0 Å². The van der Waals surface area contributed by atoms with E-state index in [4.69, 9.17) is 19.7 Å². The van der Waals surface area contributed by atoms with Crippen molar-refractivity contribution in [2.24, 2.45) is 10.2 Å². The minimum absolute atomic E-state index is 0.728. The predicted molar refractivity (Wildman–Crippen MR) is 130 cm³/mol. The first-order valence-corrected chi connectivity index (χ1v) is 10.3. The summed E-state index contributed by atoms with van der Waals surface area (Å²) in [6, 6.07) is 35.7. The Morgan fingerprint density at radius 3 is 1.19 bits per heavy atom. The molecule has 0 saturated heterocycles. The third-order valence-corrected chi connectivity index (χ3v) is 5.07. The quantitative estimate of drug-likeness (QED) is 0.272. The Balaban J connectivity index is 1.94. The van der Waals surface area contributed by atoms with Crippen LogP contribution in [-0.4, -0.2) is 25.6 Å². The van der Waals surface area contributed by atoms with Gasteiger partial charge in [-0.05, 0) is 24.3 Å². The fourth-order valence-electron chi connectivity index (χ4n) is 3.51. The summed E-state index contributed by atoms with van der Waals surface area (Å²) < 4.78 is 11.2. The molecule has 0 heterocycles. The van der Waals surface area contributed by atoms with Gasteiger partial charge in [0.1, 0.15) is 22.9 Å². The third-order valence-electron chi connectivity index (χ3n) is 5.07. The van der Waals surface area contributed by atoms with Crippen LogP contribution in [0.15, 0.2) is 119 Å². The van der Waals surface area contributed by atoms with Crippen LogP contribution in [-0.2, 0) is 0 Å². The van der Waals surface area contributed by atoms with Crippen LogP contribution in [0.1, 0.15) is 22.3 Å². The van der Waals surface area contributed by atoms with Crippen LogP contribution in [0.2, 0.25) is 0 Å². The summed E-state index contributed by atoms with van der Waals surface area (Å²) in [7, 11) is 3.32. The van der Waals surface area contributed by atoms with Gasteiger partial charge in [-0.3, -0.25) is 0 Å². The van der Waals surface area contributed by atoms with E-state index in [1.54, 1.807) is 14.2 Å². The zero-order chi connectivity index (χ0) is 22.2. The van der Waals surface area contributed by atoms with Gasteiger partial charge in [0.25, 0.3) is 0 Å². The number of benzene rings is 4. The second-order valence-corrected chi connectivity index (χ2v) is 7.03. The highest BCUT2D eigenvalue weighted by atomic mass is 16.5. The van der Waals surface area contributed by atoms with Crippen LogP contribution < -0.4 is 9.47 Å². The first-order chi connectivity index (χ1) is 15.8. The molecule has 0 atom stereocenters. The molecule has 4 heteroatoms. The summed E-state index contributed by atoms with van der Waals surface area (Å²) in [6.07, 6.45) is 0. The lowest BCUT2D eigenvalue weighted by Crippen LogP contribution is -2.08. The Kier molecular flexibility index (Phi) is 6.73. The van der Waals surface area contributed by atoms with Gasteiger partial charge in [-0.2, -0.15) is 0 Å². The number of methoxy groups -OCH3 is 2. The normalized spacial score (nSPS) is 11.8. The summed E-state index contributed by atoms with van der Waals surface area (Å²) in [5.41, 5.74) is 5.11. The highest BCUT2D eigenvalue weighted by molar-refractivity contribution is 6.17. The Labute approximate surface area is 188 Å². The van der Waals surface area contributed by atoms with Gasteiger partial charge in [-0.1, -0.05) is 84.9 Å². The summed E-state index contributed by atoms with van der Waals surface area (Å²) in [4.78, 5) is 0. The highest BCUT2D eigenvalue weighted by Crippen LogP contribution is 2.25. The molecule has 0 N–H and O–H groups in total. The average molecular weight is 421 g/mol. The predicted octanol–water partition coefficient (Wildman–Crippen LogP) is 5.99. The smallest absolute Gasteiger partial charge is 0.128 e. The standard InChI is InChI=1S/C28H24N2O2/c1-31-25-19-11-9-17-23(25)27(21-13-5-3-6-14-21)29-30-28(22-15-7-4-8-16-22)24-18-10-12-20-26(24)32-2/h3-20H,1-2H3/b29-27-,30-28+. The molecule has 0 fully saturated rings. The number of hydrogen-bond acceptors (Lipinski definition) is 4. The summed E-state index contributed by atoms with van der Waals surface area (Å²) in [6.45, 7) is 0. The van der Waals surface area contributed by atoms with E-state index >= 15 is 0 Å². The minimum atomic E-state index is 0.728. The van der Waals surface area contributed by atoms with Crippen LogP contribution in [0.5, 0.6) is 11.5 Å². The molecule has 32 heavy (non-hydrogen) atoms. The van der Waals surface area contributed by atoms with Gasteiger partial charge in [0, 0.05) is 22.3 Å². The lowest BCUT2D eigenvalue weighted by Gasteiger charge is -2.12. The summed E-state index contributed by atoms with van der Waals surface area (Å²) in [5, 5.41) is 9.54. The fourth-order valence-corrected chi connectivity index (χ4v) is 3.51. The number of ether oxygens (including phenoxy) is 2. The lowest BCUT2D eigenvalue weighted by molar-refractivity contribution is 0.414. The van der Waals surface area contributed by atoms with Crippen LogP contribution in [0, 0.1) is 0 Å². The van der Waals surface area contributed by atoms with Gasteiger partial charge in [0.05, 0.1) is 14.2 Å². The Morgan fingerprint density at radius 2 is 0.812 bits per heavy atom. The van der Waals surface area contributed by atoms with Crippen LogP contribution >= 0.6 is 0 Å². The van der Waals surface area contributed by atoms with E-state index in [2.05, 4.69) is 0 Å². The number of nitrogens with zero attached hydrogens (tertiary/aromatic N) is 2. The van der Waals surface area contributed by atoms with Gasteiger partial charge in [0.15, 0.2) is 0 Å². The minimum Gasteiger partial charge on any atom is -0.496 e. The van der Waals surface area contributed by atoms with Crippen molar-refractivity contribution in [1.82, 2.24) is 0 Å². The molecule has 0 amide bonds. The van der Waals surface area contributed by atoms with E-state index in [0.29, 0.717) is 0 Å². The first-order valence-electron chi connectivity index (χ1n) is 10.3. The van der Waals surface area contributed by atoms with Gasteiger partial charge in [0.2, 0.25) is 0 Å². The molecule has 0 unspecified atom stereocenters. The molecular formula is C28H24N2O2. The lowest BCUT2D eigenvalue weighted by atomic mass is 10.0. The van der Waals surface area contributed by atoms with E-state index in [-0.39, 0.29) is 0 Å². The molecule has 4 nitrogen and oxygen atoms in total. The zero-order valence-electron chi connectivity index (χ0n) is 18.1. The van der Waals surface area contributed by atoms with Crippen molar-refractivity contribution >= 4 is 11.4 Å². The van der Waals surface area contributed by atoms with Crippen LogP contribution in [0.25, 0.3) is 0 Å². The SMILES string of the molecule is COc1ccccc1/C(=N\N=C(/c1ccccc1)c1ccccc1OC)c1ccccc1. The van der Waals surface area contributed by atoms with Crippen molar-refractivity contribution in [2.45, 2.75) is 0 Å². The van der Waals surface area contributed by atoms with Crippen LogP contribution in [0.4, 0.5) is 0 Å². The number of hydrogen-bond donors (Lipinski definition) is 0. The molecule has 0 aliphatic carbocycles. The molecule has 0 aliphatic heterocycles. The Morgan fingerprint density at radius 1 is 0.469 bits per heavy atom. The topological polar surface area (TPSA) is 43.2 Å². The van der Waals surface area contributed by atoms with Crippen molar-refractivity contribution in [1.29, 1.82) is 0 Å². The molecule has 4 rings (SSSR count). The second kappa shape index (κ2) is 10.2. The molecule has 0 aliphatic rings. The summed E-state index contributed by atoms with van der Waals surface area (Å²) >= 11 is 0. The molecule has 4 aromatic carbocycles. The molecule has 0 aromatic heterocycles. The molecule has 0 radical (unpaired) electrons. The van der Waals surface area contributed by atoms with Gasteiger partial charge >= 0.3 is 0 Å².